The largest absolute Gasteiger partial charge is 0.462 e. The molecule has 0 spiro atoms. The van der Waals surface area contributed by atoms with Gasteiger partial charge in [0.1, 0.15) is 11.5 Å². The van der Waals surface area contributed by atoms with E-state index in [0.29, 0.717) is 29.2 Å². The highest BCUT2D eigenvalue weighted by Gasteiger charge is 2.25. The van der Waals surface area contributed by atoms with Gasteiger partial charge in [0.2, 0.25) is 0 Å². The third kappa shape index (κ3) is 9.07. The lowest BCUT2D eigenvalue weighted by Crippen LogP contribution is -2.25. The highest BCUT2D eigenvalue weighted by molar-refractivity contribution is 6.02. The van der Waals surface area contributed by atoms with Crippen LogP contribution in [0.3, 0.4) is 0 Å². The van der Waals surface area contributed by atoms with Crippen LogP contribution in [0.5, 0.6) is 11.5 Å². The molecular formula is C46H44N2O6. The first-order valence-electron chi connectivity index (χ1n) is 18.3. The number of esters is 3. The molecule has 0 heterocycles. The zero-order valence-electron chi connectivity index (χ0n) is 31.3. The van der Waals surface area contributed by atoms with Crippen molar-refractivity contribution in [3.63, 3.8) is 0 Å². The Bertz CT molecular complexity index is 2230. The van der Waals surface area contributed by atoms with E-state index in [4.69, 9.17) is 14.2 Å². The SMILES string of the molecule is CCCCCOC(=O)c1ccc(-c2ccc(OC(=O)c3ccc(OC(=O)C(C)(C)C)cc3/C=N/N=C(\C)c3ccc4c(c3)Cc3ccccc3-4)cc2)cc1. The Morgan fingerprint density at radius 2 is 1.37 bits per heavy atom. The summed E-state index contributed by atoms with van der Waals surface area (Å²) in [7, 11) is 0. The Morgan fingerprint density at radius 3 is 2.09 bits per heavy atom. The Labute approximate surface area is 316 Å². The highest BCUT2D eigenvalue weighted by atomic mass is 16.5. The molecule has 6 rings (SSSR count). The van der Waals surface area contributed by atoms with Crippen LogP contribution in [0.2, 0.25) is 0 Å². The average molecular weight is 721 g/mol. The zero-order valence-corrected chi connectivity index (χ0v) is 31.3. The van der Waals surface area contributed by atoms with Gasteiger partial charge in [0, 0.05) is 5.56 Å². The summed E-state index contributed by atoms with van der Waals surface area (Å²) in [6, 6.07) is 33.7. The molecule has 5 aromatic rings. The van der Waals surface area contributed by atoms with Crippen molar-refractivity contribution in [2.45, 2.75) is 60.3 Å². The first-order chi connectivity index (χ1) is 26.0. The van der Waals surface area contributed by atoms with E-state index in [9.17, 15) is 14.4 Å². The summed E-state index contributed by atoms with van der Waals surface area (Å²) in [6.45, 7) is 9.71. The van der Waals surface area contributed by atoms with E-state index in [0.717, 1.165) is 42.4 Å². The minimum atomic E-state index is -0.724. The molecule has 0 N–H and O–H groups in total. The molecule has 8 nitrogen and oxygen atoms in total. The van der Waals surface area contributed by atoms with E-state index in [-0.39, 0.29) is 17.3 Å². The van der Waals surface area contributed by atoms with Crippen molar-refractivity contribution >= 4 is 29.8 Å². The van der Waals surface area contributed by atoms with Crippen LogP contribution in [-0.2, 0) is 16.0 Å². The second-order valence-electron chi connectivity index (χ2n) is 14.4. The van der Waals surface area contributed by atoms with Crippen molar-refractivity contribution in [2.75, 3.05) is 6.61 Å². The molecule has 8 heteroatoms. The minimum absolute atomic E-state index is 0.221. The van der Waals surface area contributed by atoms with Crippen LogP contribution in [0.15, 0.2) is 119 Å². The number of fused-ring (bicyclic) bond motifs is 3. The fourth-order valence-electron chi connectivity index (χ4n) is 6.04. The Hall–Kier alpha value is -6.15. The van der Waals surface area contributed by atoms with E-state index >= 15 is 0 Å². The van der Waals surface area contributed by atoms with Crippen molar-refractivity contribution in [3.05, 3.63) is 143 Å². The summed E-state index contributed by atoms with van der Waals surface area (Å²) in [4.78, 5) is 38.6. The van der Waals surface area contributed by atoms with Gasteiger partial charge in [0.25, 0.3) is 0 Å². The van der Waals surface area contributed by atoms with Crippen molar-refractivity contribution < 1.29 is 28.6 Å². The number of benzene rings is 5. The maximum atomic E-state index is 13.5. The molecule has 0 aliphatic heterocycles. The van der Waals surface area contributed by atoms with Crippen LogP contribution < -0.4 is 9.47 Å². The Kier molecular flexibility index (Phi) is 11.6. The first kappa shape index (κ1) is 37.6. The molecule has 274 valence electrons. The quantitative estimate of drug-likeness (QED) is 0.0410. The summed E-state index contributed by atoms with van der Waals surface area (Å²) in [5.74, 6) is -0.747. The van der Waals surface area contributed by atoms with Gasteiger partial charge in [-0.3, -0.25) is 4.79 Å². The second-order valence-corrected chi connectivity index (χ2v) is 14.4. The molecule has 0 unspecified atom stereocenters. The van der Waals surface area contributed by atoms with Gasteiger partial charge in [-0.2, -0.15) is 10.2 Å². The van der Waals surface area contributed by atoms with Crippen molar-refractivity contribution in [2.24, 2.45) is 15.6 Å². The lowest BCUT2D eigenvalue weighted by Gasteiger charge is -2.17. The van der Waals surface area contributed by atoms with Crippen LogP contribution in [0.25, 0.3) is 22.3 Å². The molecule has 0 saturated carbocycles. The lowest BCUT2D eigenvalue weighted by molar-refractivity contribution is -0.143. The number of hydrogen-bond acceptors (Lipinski definition) is 8. The van der Waals surface area contributed by atoms with Crippen LogP contribution in [0, 0.1) is 5.41 Å². The maximum absolute atomic E-state index is 13.5. The summed E-state index contributed by atoms with van der Waals surface area (Å²) < 4.78 is 16.8. The second kappa shape index (κ2) is 16.7. The molecule has 54 heavy (non-hydrogen) atoms. The molecule has 0 amide bonds. The van der Waals surface area contributed by atoms with Gasteiger partial charge in [-0.25, -0.2) is 9.59 Å². The molecule has 0 aromatic heterocycles. The highest BCUT2D eigenvalue weighted by Crippen LogP contribution is 2.37. The summed E-state index contributed by atoms with van der Waals surface area (Å²) in [6.07, 6.45) is 5.27. The van der Waals surface area contributed by atoms with Gasteiger partial charge in [0.05, 0.1) is 35.1 Å². The van der Waals surface area contributed by atoms with E-state index in [1.54, 1.807) is 63.2 Å². The fourth-order valence-corrected chi connectivity index (χ4v) is 6.04. The van der Waals surface area contributed by atoms with Crippen LogP contribution in [0.4, 0.5) is 0 Å². The minimum Gasteiger partial charge on any atom is -0.462 e. The van der Waals surface area contributed by atoms with E-state index < -0.39 is 17.4 Å². The van der Waals surface area contributed by atoms with Gasteiger partial charge in [0.15, 0.2) is 0 Å². The monoisotopic (exact) mass is 720 g/mol. The molecule has 0 atom stereocenters. The van der Waals surface area contributed by atoms with E-state index in [2.05, 4.69) is 53.5 Å². The third-order valence-corrected chi connectivity index (χ3v) is 9.18. The van der Waals surface area contributed by atoms with Gasteiger partial charge in [-0.1, -0.05) is 80.4 Å². The fraction of sp³-hybridized carbons (Fsp3) is 0.239. The molecule has 0 radical (unpaired) electrons. The summed E-state index contributed by atoms with van der Waals surface area (Å²) in [5, 5.41) is 8.79. The van der Waals surface area contributed by atoms with Gasteiger partial charge >= 0.3 is 17.9 Å². The number of carbonyl (C=O) groups is 3. The number of hydrogen-bond donors (Lipinski definition) is 0. The van der Waals surface area contributed by atoms with Gasteiger partial charge < -0.3 is 14.2 Å². The number of ether oxygens (including phenoxy) is 3. The average Bonchev–Trinajstić information content (AvgIpc) is 3.54. The number of nitrogens with zero attached hydrogens (tertiary/aromatic N) is 2. The summed E-state index contributed by atoms with van der Waals surface area (Å²) in [5.41, 5.74) is 8.86. The predicted octanol–water partition coefficient (Wildman–Crippen LogP) is 10.3. The third-order valence-electron chi connectivity index (χ3n) is 9.18. The zero-order chi connectivity index (χ0) is 38.2. The lowest BCUT2D eigenvalue weighted by atomic mass is 9.97. The smallest absolute Gasteiger partial charge is 0.344 e. The molecule has 1 aliphatic carbocycles. The molecule has 0 saturated heterocycles. The normalized spacial score (nSPS) is 12.3. The number of unbranched alkanes of at least 4 members (excludes halogenated alkanes) is 2. The van der Waals surface area contributed by atoms with Crippen molar-refractivity contribution in [3.8, 4) is 33.8 Å². The first-order valence-corrected chi connectivity index (χ1v) is 18.3. The molecule has 5 aromatic carbocycles. The molecular weight excluding hydrogens is 677 g/mol. The maximum Gasteiger partial charge on any atom is 0.344 e. The van der Waals surface area contributed by atoms with E-state index in [1.807, 2.05) is 37.3 Å². The van der Waals surface area contributed by atoms with Crippen molar-refractivity contribution in [1.82, 2.24) is 0 Å². The van der Waals surface area contributed by atoms with Gasteiger partial charge in [-0.05, 0) is 128 Å². The topological polar surface area (TPSA) is 104 Å². The van der Waals surface area contributed by atoms with Crippen LogP contribution in [0.1, 0.15) is 96.9 Å². The standard InChI is InChI=1S/C46H44N2O6/c1-6-7-10-25-52-43(49)33-15-13-31(14-16-33)32-17-20-38(21-18-32)53-44(50)42-24-22-39(54-45(51)46(3,4)5)28-37(42)29-47-48-30(2)34-19-23-41-36(26-34)27-35-11-8-9-12-40(35)41/h8-9,11-24,26,28-29H,6-7,10,25,27H2,1-5H3/b47-29+,48-30+. The number of carbonyl (C=O) groups excluding carboxylic acids is 3. The Balaban J connectivity index is 1.17. The van der Waals surface area contributed by atoms with Crippen molar-refractivity contribution in [1.29, 1.82) is 0 Å². The molecule has 0 bridgehead atoms. The molecule has 1 aliphatic rings. The number of rotatable bonds is 12. The molecule has 0 fully saturated rings. The van der Waals surface area contributed by atoms with Crippen LogP contribution in [-0.4, -0.2) is 36.4 Å². The van der Waals surface area contributed by atoms with E-state index in [1.165, 1.54) is 28.5 Å². The Morgan fingerprint density at radius 1 is 0.704 bits per heavy atom. The van der Waals surface area contributed by atoms with Gasteiger partial charge in [-0.15, -0.1) is 0 Å². The van der Waals surface area contributed by atoms with Crippen LogP contribution >= 0.6 is 0 Å². The summed E-state index contributed by atoms with van der Waals surface area (Å²) >= 11 is 0. The predicted molar refractivity (Wildman–Crippen MR) is 213 cm³/mol.